The van der Waals surface area contributed by atoms with Crippen molar-refractivity contribution in [3.8, 4) is 0 Å². The molecule has 3 rings (SSSR count). The van der Waals surface area contributed by atoms with Gasteiger partial charge in [0.25, 0.3) is 0 Å². The topological polar surface area (TPSA) is 278 Å². The van der Waals surface area contributed by atoms with Crippen molar-refractivity contribution < 1.29 is 79.5 Å². The lowest BCUT2D eigenvalue weighted by Gasteiger charge is -2.48. The lowest BCUT2D eigenvalue weighted by molar-refractivity contribution is -0.372. The number of ether oxygens (including phenoxy) is 5. The molecule has 0 aliphatic carbocycles. The number of aliphatic hydroxyl groups is 10. The van der Waals surface area contributed by atoms with E-state index in [-0.39, 0.29) is 0 Å². The van der Waals surface area contributed by atoms with Crippen molar-refractivity contribution in [3.05, 3.63) is 0 Å². The molecule has 1 amide bonds. The molecular formula is C20H35NO16. The van der Waals surface area contributed by atoms with E-state index in [0.29, 0.717) is 0 Å². The van der Waals surface area contributed by atoms with E-state index in [1.54, 1.807) is 0 Å². The van der Waals surface area contributed by atoms with Gasteiger partial charge >= 0.3 is 0 Å². The van der Waals surface area contributed by atoms with Gasteiger partial charge in [0, 0.05) is 6.92 Å². The molecule has 0 aromatic heterocycles. The Kier molecular flexibility index (Phi) is 10.5. The highest BCUT2D eigenvalue weighted by Gasteiger charge is 2.53. The largest absolute Gasteiger partial charge is 0.394 e. The quantitative estimate of drug-likeness (QED) is 0.135. The molecule has 1 unspecified atom stereocenters. The first-order valence-corrected chi connectivity index (χ1v) is 11.6. The van der Waals surface area contributed by atoms with E-state index in [2.05, 4.69) is 5.32 Å². The van der Waals surface area contributed by atoms with Crippen LogP contribution in [0.15, 0.2) is 0 Å². The average molecular weight is 545 g/mol. The first-order valence-electron chi connectivity index (χ1n) is 11.6. The molecular weight excluding hydrogens is 510 g/mol. The predicted octanol–water partition coefficient (Wildman–Crippen LogP) is -7.43. The Morgan fingerprint density at radius 1 is 0.649 bits per heavy atom. The zero-order valence-electron chi connectivity index (χ0n) is 19.7. The molecule has 0 aromatic carbocycles. The predicted molar refractivity (Wildman–Crippen MR) is 113 cm³/mol. The van der Waals surface area contributed by atoms with Gasteiger partial charge in [-0.2, -0.15) is 0 Å². The van der Waals surface area contributed by atoms with Gasteiger partial charge in [-0.15, -0.1) is 0 Å². The summed E-state index contributed by atoms with van der Waals surface area (Å²) in [7, 11) is 0. The second-order valence-electron chi connectivity index (χ2n) is 9.07. The van der Waals surface area contributed by atoms with Crippen LogP contribution in [0.4, 0.5) is 0 Å². The number of nitrogens with one attached hydrogen (secondary N) is 1. The zero-order chi connectivity index (χ0) is 27.6. The van der Waals surface area contributed by atoms with Crippen molar-refractivity contribution in [2.24, 2.45) is 0 Å². The summed E-state index contributed by atoms with van der Waals surface area (Å²) >= 11 is 0. The van der Waals surface area contributed by atoms with Gasteiger partial charge in [0.05, 0.1) is 19.8 Å². The molecule has 216 valence electrons. The fourth-order valence-corrected chi connectivity index (χ4v) is 4.46. The van der Waals surface area contributed by atoms with E-state index in [1.165, 1.54) is 0 Å². The second-order valence-corrected chi connectivity index (χ2v) is 9.07. The minimum absolute atomic E-state index is 0.638. The molecule has 3 aliphatic heterocycles. The highest BCUT2D eigenvalue weighted by Crippen LogP contribution is 2.32. The highest BCUT2D eigenvalue weighted by molar-refractivity contribution is 5.73. The van der Waals surface area contributed by atoms with Crippen LogP contribution in [0, 0.1) is 0 Å². The molecule has 0 bridgehead atoms. The van der Waals surface area contributed by atoms with Gasteiger partial charge in [-0.1, -0.05) is 0 Å². The third kappa shape index (κ3) is 6.38. The summed E-state index contributed by atoms with van der Waals surface area (Å²) in [6, 6.07) is -1.39. The van der Waals surface area contributed by atoms with Crippen molar-refractivity contribution >= 4 is 5.91 Å². The summed E-state index contributed by atoms with van der Waals surface area (Å²) in [5, 5.41) is 103. The molecule has 11 N–H and O–H groups in total. The maximum Gasteiger partial charge on any atom is 0.217 e. The first-order chi connectivity index (χ1) is 17.4. The Hall–Kier alpha value is -1.13. The van der Waals surface area contributed by atoms with E-state index < -0.39 is 118 Å². The van der Waals surface area contributed by atoms with Gasteiger partial charge in [-0.05, 0) is 0 Å². The van der Waals surface area contributed by atoms with Crippen molar-refractivity contribution in [3.63, 3.8) is 0 Å². The van der Waals surface area contributed by atoms with Crippen LogP contribution in [0.25, 0.3) is 0 Å². The zero-order valence-corrected chi connectivity index (χ0v) is 19.7. The molecule has 0 aromatic rings. The summed E-state index contributed by atoms with van der Waals surface area (Å²) in [4.78, 5) is 11.6. The SMILES string of the molecule is CC(=O)N[C@H]1[C@H](O[C@@H]2[C@H](O)[C@@H](O)[C@H](O[C@H]3[C@H](O)[C@@H](CO)OC(O)[C@@H]3O)O[C@@H]2CO)O[C@H](CO)[C@@H](O)[C@@H]1O. The maximum absolute atomic E-state index is 11.6. The molecule has 17 nitrogen and oxygen atoms in total. The smallest absolute Gasteiger partial charge is 0.217 e. The van der Waals surface area contributed by atoms with Gasteiger partial charge in [0.1, 0.15) is 73.2 Å². The van der Waals surface area contributed by atoms with Crippen LogP contribution >= 0.6 is 0 Å². The number of hydrogen-bond acceptors (Lipinski definition) is 16. The number of aliphatic hydroxyl groups excluding tert-OH is 10. The Morgan fingerprint density at radius 3 is 1.76 bits per heavy atom. The molecule has 3 saturated heterocycles. The minimum atomic E-state index is -1.94. The Bertz CT molecular complexity index is 745. The fourth-order valence-electron chi connectivity index (χ4n) is 4.46. The van der Waals surface area contributed by atoms with Crippen molar-refractivity contribution in [2.75, 3.05) is 19.8 Å². The van der Waals surface area contributed by atoms with Crippen LogP contribution in [-0.4, -0.2) is 169 Å². The monoisotopic (exact) mass is 545 g/mol. The summed E-state index contributed by atoms with van der Waals surface area (Å²) < 4.78 is 26.8. The van der Waals surface area contributed by atoms with E-state index in [4.69, 9.17) is 23.7 Å². The van der Waals surface area contributed by atoms with E-state index in [1.807, 2.05) is 0 Å². The third-order valence-corrected chi connectivity index (χ3v) is 6.49. The molecule has 17 heteroatoms. The normalized spacial score (nSPS) is 49.0. The molecule has 3 fully saturated rings. The number of carbonyl (C=O) groups excluding carboxylic acids is 1. The molecule has 3 aliphatic rings. The second kappa shape index (κ2) is 12.8. The summed E-state index contributed by atoms with van der Waals surface area (Å²) in [6.07, 6.45) is -23.3. The number of hydrogen-bond donors (Lipinski definition) is 11. The van der Waals surface area contributed by atoms with Crippen molar-refractivity contribution in [2.45, 2.75) is 99.0 Å². The Labute approximate surface area is 210 Å². The minimum Gasteiger partial charge on any atom is -0.394 e. The Morgan fingerprint density at radius 2 is 1.19 bits per heavy atom. The molecule has 0 spiro atoms. The van der Waals surface area contributed by atoms with Crippen LogP contribution in [0.5, 0.6) is 0 Å². The standard InChI is InChI=1S/C20H35NO16/c1-5(25)21-9-12(28)10(26)6(2-22)34-19(9)36-16-8(4-24)35-20(14(30)13(16)29)37-17-11(27)7(3-23)33-18(32)15(17)31/h6-20,22-24,26-32H,2-4H2,1H3,(H,21,25)/t6-,7-,8-,9-,10-,11-,12-,13-,14-,15-,16+,17+,18?,19+,20+/m1/s1. The fraction of sp³-hybridized carbons (Fsp3) is 0.950. The van der Waals surface area contributed by atoms with Gasteiger partial charge in [0.2, 0.25) is 5.91 Å². The molecule has 15 atom stereocenters. The number of carbonyl (C=O) groups is 1. The van der Waals surface area contributed by atoms with Gasteiger partial charge < -0.3 is 80.1 Å². The van der Waals surface area contributed by atoms with Crippen molar-refractivity contribution in [1.82, 2.24) is 5.32 Å². The van der Waals surface area contributed by atoms with Gasteiger partial charge in [0.15, 0.2) is 18.9 Å². The third-order valence-electron chi connectivity index (χ3n) is 6.49. The molecule has 0 saturated carbocycles. The van der Waals surface area contributed by atoms with E-state index in [9.17, 15) is 55.9 Å². The van der Waals surface area contributed by atoms with Crippen LogP contribution in [0.1, 0.15) is 6.92 Å². The Balaban J connectivity index is 1.77. The summed E-state index contributed by atoms with van der Waals surface area (Å²) in [5.74, 6) is -0.638. The molecule has 37 heavy (non-hydrogen) atoms. The number of rotatable bonds is 8. The highest BCUT2D eigenvalue weighted by atomic mass is 16.7. The van der Waals surface area contributed by atoms with Crippen LogP contribution in [0.2, 0.25) is 0 Å². The number of amides is 1. The van der Waals surface area contributed by atoms with Crippen molar-refractivity contribution in [1.29, 1.82) is 0 Å². The van der Waals surface area contributed by atoms with E-state index >= 15 is 0 Å². The van der Waals surface area contributed by atoms with Gasteiger partial charge in [-0.25, -0.2) is 0 Å². The molecule has 3 heterocycles. The summed E-state index contributed by atoms with van der Waals surface area (Å²) in [6.45, 7) is -1.20. The molecule has 0 radical (unpaired) electrons. The van der Waals surface area contributed by atoms with Gasteiger partial charge in [-0.3, -0.25) is 4.79 Å². The van der Waals surface area contributed by atoms with Crippen LogP contribution < -0.4 is 5.32 Å². The first kappa shape index (κ1) is 30.4. The average Bonchev–Trinajstić information content (AvgIpc) is 2.87. The van der Waals surface area contributed by atoms with Crippen LogP contribution in [-0.2, 0) is 28.5 Å². The van der Waals surface area contributed by atoms with Crippen LogP contribution in [0.3, 0.4) is 0 Å². The maximum atomic E-state index is 11.6. The van der Waals surface area contributed by atoms with E-state index in [0.717, 1.165) is 6.92 Å². The lowest BCUT2D eigenvalue weighted by Crippen LogP contribution is -2.68. The summed E-state index contributed by atoms with van der Waals surface area (Å²) in [5.41, 5.74) is 0. The lowest BCUT2D eigenvalue weighted by atomic mass is 9.95.